The van der Waals surface area contributed by atoms with E-state index in [2.05, 4.69) is 24.2 Å². The van der Waals surface area contributed by atoms with E-state index < -0.39 is 0 Å². The number of hydrogen-bond donors (Lipinski definition) is 1. The van der Waals surface area contributed by atoms with E-state index >= 15 is 0 Å². The van der Waals surface area contributed by atoms with Gasteiger partial charge in [0.15, 0.2) is 0 Å². The Morgan fingerprint density at radius 2 is 2.43 bits per heavy atom. The lowest BCUT2D eigenvalue weighted by Crippen LogP contribution is -2.59. The molecule has 80 valence electrons. The van der Waals surface area contributed by atoms with Crippen LogP contribution in [0, 0.1) is 0 Å². The second-order valence-electron chi connectivity index (χ2n) is 4.52. The van der Waals surface area contributed by atoms with Crippen molar-refractivity contribution in [2.75, 3.05) is 26.7 Å². The van der Waals surface area contributed by atoms with Crippen LogP contribution in [0.5, 0.6) is 0 Å². The van der Waals surface area contributed by atoms with Crippen LogP contribution in [-0.2, 0) is 9.53 Å². The minimum Gasteiger partial charge on any atom is -0.362 e. The highest BCUT2D eigenvalue weighted by Crippen LogP contribution is 2.29. The average molecular weight is 198 g/mol. The highest BCUT2D eigenvalue weighted by atomic mass is 16.5. The lowest BCUT2D eigenvalue weighted by atomic mass is 9.93. The van der Waals surface area contributed by atoms with Crippen molar-refractivity contribution in [3.05, 3.63) is 0 Å². The van der Waals surface area contributed by atoms with Crippen molar-refractivity contribution in [1.82, 2.24) is 10.2 Å². The van der Waals surface area contributed by atoms with E-state index in [9.17, 15) is 4.79 Å². The Kier molecular flexibility index (Phi) is 2.49. The Morgan fingerprint density at radius 1 is 1.64 bits per heavy atom. The highest BCUT2D eigenvalue weighted by molar-refractivity contribution is 5.78. The number of ether oxygens (including phenoxy) is 1. The number of morpholine rings is 1. The van der Waals surface area contributed by atoms with E-state index in [4.69, 9.17) is 4.74 Å². The third-order valence-electron chi connectivity index (χ3n) is 3.39. The van der Waals surface area contributed by atoms with E-state index in [0.29, 0.717) is 12.6 Å². The van der Waals surface area contributed by atoms with Crippen LogP contribution in [0.15, 0.2) is 0 Å². The molecule has 1 amide bonds. The zero-order chi connectivity index (χ0) is 10.2. The monoisotopic (exact) mass is 198 g/mol. The zero-order valence-corrected chi connectivity index (χ0v) is 8.88. The van der Waals surface area contributed by atoms with Crippen LogP contribution in [0.25, 0.3) is 0 Å². The Labute approximate surface area is 84.6 Å². The number of likely N-dealkylation sites (tertiary alicyclic amines) is 1. The fourth-order valence-corrected chi connectivity index (χ4v) is 2.50. The molecule has 0 saturated carbocycles. The van der Waals surface area contributed by atoms with Gasteiger partial charge in [0, 0.05) is 12.6 Å². The molecular formula is C10H18N2O2. The molecular weight excluding hydrogens is 180 g/mol. The van der Waals surface area contributed by atoms with Gasteiger partial charge >= 0.3 is 0 Å². The first-order valence-corrected chi connectivity index (χ1v) is 5.23. The van der Waals surface area contributed by atoms with E-state index in [0.717, 1.165) is 6.54 Å². The van der Waals surface area contributed by atoms with Crippen molar-refractivity contribution in [2.45, 2.75) is 31.4 Å². The van der Waals surface area contributed by atoms with Crippen LogP contribution in [0.3, 0.4) is 0 Å². The van der Waals surface area contributed by atoms with Gasteiger partial charge in [-0.2, -0.15) is 0 Å². The molecule has 2 aliphatic rings. The molecule has 0 bridgehead atoms. The Morgan fingerprint density at radius 3 is 2.93 bits per heavy atom. The molecule has 2 unspecified atom stereocenters. The van der Waals surface area contributed by atoms with Gasteiger partial charge in [0.25, 0.3) is 0 Å². The van der Waals surface area contributed by atoms with Gasteiger partial charge in [-0.15, -0.1) is 0 Å². The lowest BCUT2D eigenvalue weighted by Gasteiger charge is -2.41. The lowest BCUT2D eigenvalue weighted by molar-refractivity contribution is -0.148. The Balaban J connectivity index is 2.04. The number of amides is 1. The van der Waals surface area contributed by atoms with Crippen molar-refractivity contribution in [3.63, 3.8) is 0 Å². The number of nitrogens with zero attached hydrogens (tertiary/aromatic N) is 1. The van der Waals surface area contributed by atoms with Crippen LogP contribution in [0.1, 0.15) is 19.8 Å². The van der Waals surface area contributed by atoms with Crippen LogP contribution in [0.4, 0.5) is 0 Å². The second-order valence-corrected chi connectivity index (χ2v) is 4.52. The van der Waals surface area contributed by atoms with E-state index in [1.165, 1.54) is 12.8 Å². The summed E-state index contributed by atoms with van der Waals surface area (Å²) in [6.45, 7) is 4.08. The Hall–Kier alpha value is -0.610. The molecule has 4 heteroatoms. The van der Waals surface area contributed by atoms with Crippen molar-refractivity contribution in [2.24, 2.45) is 0 Å². The van der Waals surface area contributed by atoms with Gasteiger partial charge in [0.2, 0.25) is 5.91 Å². The summed E-state index contributed by atoms with van der Waals surface area (Å²) in [5, 5.41) is 2.88. The SMILES string of the molecule is CN1CCCC1C1(C)CNC(=O)CO1. The van der Waals surface area contributed by atoms with E-state index in [1.807, 2.05) is 0 Å². The normalized spacial score (nSPS) is 39.9. The van der Waals surface area contributed by atoms with Crippen molar-refractivity contribution >= 4 is 5.91 Å². The van der Waals surface area contributed by atoms with Gasteiger partial charge in [0.05, 0.1) is 5.60 Å². The quantitative estimate of drug-likeness (QED) is 0.644. The number of carbonyl (C=O) groups excluding carboxylic acids is 1. The molecule has 0 spiro atoms. The van der Waals surface area contributed by atoms with Gasteiger partial charge in [-0.3, -0.25) is 4.79 Å². The van der Waals surface area contributed by atoms with Crippen LogP contribution in [0.2, 0.25) is 0 Å². The maximum Gasteiger partial charge on any atom is 0.246 e. The summed E-state index contributed by atoms with van der Waals surface area (Å²) in [6, 6.07) is 0.447. The molecule has 1 N–H and O–H groups in total. The van der Waals surface area contributed by atoms with E-state index in [1.54, 1.807) is 0 Å². The number of rotatable bonds is 1. The van der Waals surface area contributed by atoms with Crippen molar-refractivity contribution in [3.8, 4) is 0 Å². The number of likely N-dealkylation sites (N-methyl/N-ethyl adjacent to an activating group) is 1. The largest absolute Gasteiger partial charge is 0.362 e. The molecule has 2 saturated heterocycles. The van der Waals surface area contributed by atoms with E-state index in [-0.39, 0.29) is 18.1 Å². The highest BCUT2D eigenvalue weighted by Gasteiger charge is 2.42. The fourth-order valence-electron chi connectivity index (χ4n) is 2.50. The van der Waals surface area contributed by atoms with Crippen LogP contribution >= 0.6 is 0 Å². The maximum absolute atomic E-state index is 11.0. The Bertz CT molecular complexity index is 232. The molecule has 2 rings (SSSR count). The average Bonchev–Trinajstić information content (AvgIpc) is 2.58. The van der Waals surface area contributed by atoms with Crippen LogP contribution < -0.4 is 5.32 Å². The van der Waals surface area contributed by atoms with Gasteiger partial charge in [-0.1, -0.05) is 0 Å². The molecule has 2 atom stereocenters. The van der Waals surface area contributed by atoms with Gasteiger partial charge < -0.3 is 15.0 Å². The van der Waals surface area contributed by atoms with Crippen molar-refractivity contribution < 1.29 is 9.53 Å². The smallest absolute Gasteiger partial charge is 0.246 e. The maximum atomic E-state index is 11.0. The molecule has 0 aromatic carbocycles. The number of carbonyl (C=O) groups is 1. The third kappa shape index (κ3) is 1.64. The zero-order valence-electron chi connectivity index (χ0n) is 8.88. The van der Waals surface area contributed by atoms with Gasteiger partial charge in [0.1, 0.15) is 6.61 Å². The first-order valence-electron chi connectivity index (χ1n) is 5.23. The molecule has 2 heterocycles. The molecule has 0 radical (unpaired) electrons. The summed E-state index contributed by atoms with van der Waals surface area (Å²) >= 11 is 0. The standard InChI is InChI=1S/C10H18N2O2/c1-10(7-11-9(13)6-14-10)8-4-3-5-12(8)2/h8H,3-7H2,1-2H3,(H,11,13). The summed E-state index contributed by atoms with van der Waals surface area (Å²) in [5.41, 5.74) is -0.195. The molecule has 14 heavy (non-hydrogen) atoms. The molecule has 0 aromatic heterocycles. The summed E-state index contributed by atoms with van der Waals surface area (Å²) < 4.78 is 5.68. The van der Waals surface area contributed by atoms with Crippen LogP contribution in [-0.4, -0.2) is 49.2 Å². The molecule has 4 nitrogen and oxygen atoms in total. The second kappa shape index (κ2) is 3.51. The third-order valence-corrected chi connectivity index (χ3v) is 3.39. The molecule has 2 fully saturated rings. The summed E-state index contributed by atoms with van der Waals surface area (Å²) in [7, 11) is 2.13. The summed E-state index contributed by atoms with van der Waals surface area (Å²) in [6.07, 6.45) is 2.40. The fraction of sp³-hybridized carbons (Fsp3) is 0.900. The topological polar surface area (TPSA) is 41.6 Å². The summed E-state index contributed by atoms with van der Waals surface area (Å²) in [4.78, 5) is 13.3. The molecule has 0 aromatic rings. The van der Waals surface area contributed by atoms with Gasteiger partial charge in [-0.25, -0.2) is 0 Å². The molecule has 0 aliphatic carbocycles. The number of hydrogen-bond acceptors (Lipinski definition) is 3. The predicted octanol–water partition coefficient (Wildman–Crippen LogP) is -0.0143. The first kappa shape index (κ1) is 9.93. The minimum absolute atomic E-state index is 0.00289. The molecule has 2 aliphatic heterocycles. The first-order chi connectivity index (χ1) is 6.62. The van der Waals surface area contributed by atoms with Crippen molar-refractivity contribution in [1.29, 1.82) is 0 Å². The summed E-state index contributed by atoms with van der Waals surface area (Å²) in [5.74, 6) is 0.00289. The van der Waals surface area contributed by atoms with Gasteiger partial charge in [-0.05, 0) is 33.4 Å². The predicted molar refractivity (Wildman–Crippen MR) is 53.0 cm³/mol. The number of nitrogens with one attached hydrogen (secondary N) is 1. The minimum atomic E-state index is -0.195.